The number of ether oxygens (including phenoxy) is 1. The van der Waals surface area contributed by atoms with Crippen molar-refractivity contribution in [2.45, 2.75) is 6.42 Å². The highest BCUT2D eigenvalue weighted by atomic mass is 32.2. The molecule has 3 N–H and O–H groups in total. The topological polar surface area (TPSA) is 98.5 Å². The monoisotopic (exact) mass is 298 g/mol. The molecule has 6 nitrogen and oxygen atoms in total. The number of carbonyl (C=O) groups excluding carboxylic acids is 1. The lowest BCUT2D eigenvalue weighted by Crippen LogP contribution is -2.30. The Kier molecular flexibility index (Phi) is 4.17. The summed E-state index contributed by atoms with van der Waals surface area (Å²) in [7, 11) is -1.45. The third-order valence-corrected chi connectivity index (χ3v) is 5.18. The molecule has 0 aliphatic carbocycles. The molecule has 0 bridgehead atoms. The average molecular weight is 298 g/mol. The van der Waals surface area contributed by atoms with Crippen molar-refractivity contribution in [2.75, 3.05) is 30.9 Å². The van der Waals surface area contributed by atoms with E-state index in [4.69, 9.17) is 10.5 Å². The van der Waals surface area contributed by atoms with Gasteiger partial charge >= 0.3 is 0 Å². The summed E-state index contributed by atoms with van der Waals surface area (Å²) in [6.45, 7) is 0.343. The minimum Gasteiger partial charge on any atom is -0.496 e. The van der Waals surface area contributed by atoms with Crippen molar-refractivity contribution in [1.29, 1.82) is 0 Å². The minimum absolute atomic E-state index is 0.0176. The first kappa shape index (κ1) is 14.6. The van der Waals surface area contributed by atoms with Crippen LogP contribution in [0.3, 0.4) is 0 Å². The van der Waals surface area contributed by atoms with Crippen molar-refractivity contribution in [3.8, 4) is 5.75 Å². The highest BCUT2D eigenvalue weighted by Crippen LogP contribution is 2.22. The Balaban J connectivity index is 2.00. The van der Waals surface area contributed by atoms with Gasteiger partial charge in [-0.1, -0.05) is 0 Å². The zero-order valence-electron chi connectivity index (χ0n) is 11.3. The second kappa shape index (κ2) is 5.70. The number of carbonyl (C=O) groups is 1. The Morgan fingerprint density at radius 3 is 2.85 bits per heavy atom. The van der Waals surface area contributed by atoms with Gasteiger partial charge in [-0.15, -0.1) is 0 Å². The summed E-state index contributed by atoms with van der Waals surface area (Å²) in [6, 6.07) is 4.82. The molecule has 1 atom stereocenters. The average Bonchev–Trinajstić information content (AvgIpc) is 2.75. The minimum atomic E-state index is -2.92. The molecule has 0 spiro atoms. The van der Waals surface area contributed by atoms with E-state index < -0.39 is 9.84 Å². The quantitative estimate of drug-likeness (QED) is 0.786. The molecule has 1 aromatic carbocycles. The van der Waals surface area contributed by atoms with E-state index in [1.807, 2.05) is 0 Å². The molecule has 1 aliphatic rings. The van der Waals surface area contributed by atoms with Gasteiger partial charge in [0.25, 0.3) is 5.91 Å². The predicted molar refractivity (Wildman–Crippen MR) is 76.5 cm³/mol. The van der Waals surface area contributed by atoms with E-state index >= 15 is 0 Å². The molecule has 1 saturated heterocycles. The van der Waals surface area contributed by atoms with Crippen molar-refractivity contribution < 1.29 is 17.9 Å². The Morgan fingerprint density at radius 1 is 1.50 bits per heavy atom. The van der Waals surface area contributed by atoms with Gasteiger partial charge in [-0.05, 0) is 30.5 Å². The summed E-state index contributed by atoms with van der Waals surface area (Å²) < 4.78 is 27.8. The first-order valence-electron chi connectivity index (χ1n) is 6.33. The molecule has 7 heteroatoms. The van der Waals surface area contributed by atoms with Gasteiger partial charge in [-0.25, -0.2) is 8.42 Å². The zero-order chi connectivity index (χ0) is 14.8. The number of nitrogens with two attached hydrogens (primary N) is 1. The summed E-state index contributed by atoms with van der Waals surface area (Å²) in [6.07, 6.45) is 0.594. The summed E-state index contributed by atoms with van der Waals surface area (Å²) in [5, 5.41) is 2.74. The van der Waals surface area contributed by atoms with E-state index in [0.29, 0.717) is 30.0 Å². The number of amides is 1. The Hall–Kier alpha value is -1.76. The van der Waals surface area contributed by atoms with Gasteiger partial charge in [0.1, 0.15) is 5.75 Å². The van der Waals surface area contributed by atoms with Gasteiger partial charge in [0.2, 0.25) is 0 Å². The van der Waals surface area contributed by atoms with Gasteiger partial charge in [0, 0.05) is 12.2 Å². The number of nitrogens with one attached hydrogen (secondary N) is 1. The van der Waals surface area contributed by atoms with E-state index in [2.05, 4.69) is 5.32 Å². The molecule has 1 amide bonds. The maximum Gasteiger partial charge on any atom is 0.255 e. The highest BCUT2D eigenvalue weighted by Gasteiger charge is 2.28. The van der Waals surface area contributed by atoms with Gasteiger partial charge < -0.3 is 15.8 Å². The number of anilines is 1. The fraction of sp³-hybridized carbons (Fsp3) is 0.462. The number of sulfone groups is 1. The van der Waals surface area contributed by atoms with Crippen LogP contribution in [0, 0.1) is 5.92 Å². The summed E-state index contributed by atoms with van der Waals surface area (Å²) in [4.78, 5) is 12.1. The van der Waals surface area contributed by atoms with E-state index in [1.54, 1.807) is 18.2 Å². The lowest BCUT2D eigenvalue weighted by Gasteiger charge is -2.12. The normalized spacial score (nSPS) is 20.6. The standard InChI is InChI=1S/C13H18N2O4S/c1-19-12-3-2-10(14)6-11(12)13(16)15-7-9-4-5-20(17,18)8-9/h2-3,6,9H,4-5,7-8,14H2,1H3,(H,15,16). The van der Waals surface area contributed by atoms with Gasteiger partial charge in [-0.3, -0.25) is 4.79 Å². The number of rotatable bonds is 4. The third kappa shape index (κ3) is 3.41. The molecular weight excluding hydrogens is 280 g/mol. The summed E-state index contributed by atoms with van der Waals surface area (Å²) >= 11 is 0. The maximum atomic E-state index is 12.1. The van der Waals surface area contributed by atoms with Crippen LogP contribution >= 0.6 is 0 Å². The number of methoxy groups -OCH3 is 1. The number of hydrogen-bond donors (Lipinski definition) is 2. The zero-order valence-corrected chi connectivity index (χ0v) is 12.1. The Labute approximate surface area is 118 Å². The smallest absolute Gasteiger partial charge is 0.255 e. The molecule has 20 heavy (non-hydrogen) atoms. The van der Waals surface area contributed by atoms with E-state index in [1.165, 1.54) is 7.11 Å². The molecule has 0 aromatic heterocycles. The lowest BCUT2D eigenvalue weighted by molar-refractivity contribution is 0.0945. The number of hydrogen-bond acceptors (Lipinski definition) is 5. The molecule has 1 heterocycles. The molecule has 1 fully saturated rings. The Bertz CT molecular complexity index is 613. The van der Waals surface area contributed by atoms with Crippen LogP contribution in [-0.2, 0) is 9.84 Å². The molecule has 0 saturated carbocycles. The second-order valence-electron chi connectivity index (χ2n) is 4.94. The number of nitrogen functional groups attached to an aromatic ring is 1. The summed E-state index contributed by atoms with van der Waals surface area (Å²) in [5.74, 6) is 0.460. The second-order valence-corrected chi connectivity index (χ2v) is 7.17. The third-order valence-electron chi connectivity index (χ3n) is 3.35. The van der Waals surface area contributed by atoms with Crippen molar-refractivity contribution >= 4 is 21.4 Å². The molecule has 0 radical (unpaired) electrons. The van der Waals surface area contributed by atoms with Crippen LogP contribution in [-0.4, -0.2) is 39.5 Å². The maximum absolute atomic E-state index is 12.1. The number of benzene rings is 1. The fourth-order valence-corrected chi connectivity index (χ4v) is 4.13. The van der Waals surface area contributed by atoms with E-state index in [9.17, 15) is 13.2 Å². The van der Waals surface area contributed by atoms with Crippen LogP contribution in [0.5, 0.6) is 5.75 Å². The molecule has 1 aromatic rings. The SMILES string of the molecule is COc1ccc(N)cc1C(=O)NCC1CCS(=O)(=O)C1. The van der Waals surface area contributed by atoms with Gasteiger partial charge in [0.15, 0.2) is 9.84 Å². The highest BCUT2D eigenvalue weighted by molar-refractivity contribution is 7.91. The van der Waals surface area contributed by atoms with Crippen molar-refractivity contribution in [3.63, 3.8) is 0 Å². The first-order chi connectivity index (χ1) is 9.41. The lowest BCUT2D eigenvalue weighted by atomic mass is 10.1. The summed E-state index contributed by atoms with van der Waals surface area (Å²) in [5.41, 5.74) is 6.49. The molecular formula is C13H18N2O4S. The van der Waals surface area contributed by atoms with Crippen molar-refractivity contribution in [2.24, 2.45) is 5.92 Å². The van der Waals surface area contributed by atoms with Crippen LogP contribution in [0.1, 0.15) is 16.8 Å². The molecule has 1 unspecified atom stereocenters. The van der Waals surface area contributed by atoms with Gasteiger partial charge in [-0.2, -0.15) is 0 Å². The van der Waals surface area contributed by atoms with Crippen LogP contribution in [0.25, 0.3) is 0 Å². The van der Waals surface area contributed by atoms with Crippen LogP contribution < -0.4 is 15.8 Å². The Morgan fingerprint density at radius 2 is 2.25 bits per heavy atom. The molecule has 2 rings (SSSR count). The van der Waals surface area contributed by atoms with E-state index in [0.717, 1.165) is 0 Å². The van der Waals surface area contributed by atoms with Crippen LogP contribution in [0.4, 0.5) is 5.69 Å². The van der Waals surface area contributed by atoms with Gasteiger partial charge in [0.05, 0.1) is 24.2 Å². The van der Waals surface area contributed by atoms with Crippen LogP contribution in [0.2, 0.25) is 0 Å². The molecule has 1 aliphatic heterocycles. The van der Waals surface area contributed by atoms with E-state index in [-0.39, 0.29) is 23.3 Å². The van der Waals surface area contributed by atoms with Crippen molar-refractivity contribution in [3.05, 3.63) is 23.8 Å². The largest absolute Gasteiger partial charge is 0.496 e. The first-order valence-corrected chi connectivity index (χ1v) is 8.15. The van der Waals surface area contributed by atoms with Crippen molar-refractivity contribution in [1.82, 2.24) is 5.32 Å². The van der Waals surface area contributed by atoms with Crippen LogP contribution in [0.15, 0.2) is 18.2 Å². The molecule has 110 valence electrons. The fourth-order valence-electron chi connectivity index (χ4n) is 2.27. The predicted octanol–water partition coefficient (Wildman–Crippen LogP) is 0.442.